The Morgan fingerprint density at radius 1 is 0.914 bits per heavy atom. The monoisotopic (exact) mass is 521 g/mol. The summed E-state index contributed by atoms with van der Waals surface area (Å²) in [7, 11) is 3.71. The van der Waals surface area contributed by atoms with Crippen molar-refractivity contribution in [3.63, 3.8) is 0 Å². The van der Waals surface area contributed by atoms with Crippen LogP contribution >= 0.6 is 34.8 Å². The highest BCUT2D eigenvalue weighted by Crippen LogP contribution is 2.42. The number of hydrogen-bond acceptors (Lipinski definition) is 5. The number of carbonyl (C=O) groups is 1. The van der Waals surface area contributed by atoms with Gasteiger partial charge in [0.05, 0.1) is 21.8 Å². The van der Waals surface area contributed by atoms with Crippen LogP contribution in [0.25, 0.3) is 33.5 Å². The average Bonchev–Trinajstić information content (AvgIpc) is 3.23. The highest BCUT2D eigenvalue weighted by molar-refractivity contribution is 6.36. The van der Waals surface area contributed by atoms with Gasteiger partial charge in [-0.3, -0.25) is 9.78 Å². The van der Waals surface area contributed by atoms with Crippen LogP contribution in [0, 0.1) is 0 Å². The molecule has 3 aromatic heterocycles. The molecule has 0 amide bonds. The number of nitrogens with zero attached hydrogens (tertiary/aromatic N) is 3. The largest absolute Gasteiger partial charge is 0.432 e. The molecule has 3 heterocycles. The van der Waals surface area contributed by atoms with Crippen LogP contribution in [0.4, 0.5) is 5.69 Å². The van der Waals surface area contributed by atoms with Gasteiger partial charge in [-0.25, -0.2) is 4.98 Å². The fourth-order valence-corrected chi connectivity index (χ4v) is 4.60. The Hall–Kier alpha value is -3.38. The lowest BCUT2D eigenvalue weighted by atomic mass is 9.97. The summed E-state index contributed by atoms with van der Waals surface area (Å²) in [4.78, 5) is 24.1. The first kappa shape index (κ1) is 23.4. The number of fused-ring (bicyclic) bond motifs is 1. The molecule has 0 unspecified atom stereocenters. The maximum Gasteiger partial charge on any atom is 0.232 e. The second-order valence-electron chi connectivity index (χ2n) is 8.11. The zero-order valence-electron chi connectivity index (χ0n) is 18.7. The quantitative estimate of drug-likeness (QED) is 0.220. The molecular formula is C27H18Cl3N3O2. The summed E-state index contributed by atoms with van der Waals surface area (Å²) < 4.78 is 6.09. The van der Waals surface area contributed by atoms with E-state index in [1.807, 2.05) is 55.4 Å². The fraction of sp³-hybridized carbons (Fsp3) is 0.0741. The molecule has 0 aliphatic heterocycles. The summed E-state index contributed by atoms with van der Waals surface area (Å²) >= 11 is 18.9. The topological polar surface area (TPSA) is 59.2 Å². The molecule has 0 aliphatic rings. The molecule has 5 aromatic rings. The molecule has 0 N–H and O–H groups in total. The Bertz CT molecular complexity index is 1560. The van der Waals surface area contributed by atoms with E-state index in [4.69, 9.17) is 44.2 Å². The average molecular weight is 523 g/mol. The number of anilines is 1. The summed E-state index contributed by atoms with van der Waals surface area (Å²) in [5.74, 6) is -0.0918. The molecule has 8 heteroatoms. The zero-order chi connectivity index (χ0) is 24.7. The summed E-state index contributed by atoms with van der Waals surface area (Å²) in [6, 6.07) is 18.1. The van der Waals surface area contributed by atoms with E-state index in [0.717, 1.165) is 11.1 Å². The molecule has 2 aromatic carbocycles. The number of benzene rings is 2. The Morgan fingerprint density at radius 3 is 2.31 bits per heavy atom. The zero-order valence-corrected chi connectivity index (χ0v) is 21.0. The number of halogens is 3. The van der Waals surface area contributed by atoms with Gasteiger partial charge >= 0.3 is 0 Å². The van der Waals surface area contributed by atoms with Gasteiger partial charge < -0.3 is 9.32 Å². The van der Waals surface area contributed by atoms with Gasteiger partial charge in [0.25, 0.3) is 0 Å². The first-order valence-electron chi connectivity index (χ1n) is 10.6. The maximum absolute atomic E-state index is 13.3. The van der Waals surface area contributed by atoms with Crippen LogP contribution in [0.3, 0.4) is 0 Å². The molecule has 0 bridgehead atoms. The fourth-order valence-electron chi connectivity index (χ4n) is 3.97. The Kier molecular flexibility index (Phi) is 6.24. The SMILES string of the molecule is CN(C)c1c(C(=O)c2cccnc2)oc2nc(-c3ccc(Cl)cc3Cl)c(-c3ccc(Cl)cc3)cc12. The molecule has 0 atom stereocenters. The van der Waals surface area contributed by atoms with Gasteiger partial charge in [-0.2, -0.15) is 0 Å². The summed E-state index contributed by atoms with van der Waals surface area (Å²) in [5, 5.41) is 2.28. The van der Waals surface area contributed by atoms with E-state index in [1.165, 1.54) is 6.20 Å². The first-order chi connectivity index (χ1) is 16.8. The number of carbonyl (C=O) groups excluding carboxylic acids is 1. The third kappa shape index (κ3) is 4.39. The lowest BCUT2D eigenvalue weighted by molar-refractivity contribution is 0.101. The number of rotatable bonds is 5. The number of pyridine rings is 2. The van der Waals surface area contributed by atoms with Crippen LogP contribution in [0.5, 0.6) is 0 Å². The number of ketones is 1. The van der Waals surface area contributed by atoms with Gasteiger partial charge in [-0.1, -0.05) is 46.9 Å². The van der Waals surface area contributed by atoms with Gasteiger partial charge in [0.15, 0.2) is 0 Å². The minimum absolute atomic E-state index is 0.187. The van der Waals surface area contributed by atoms with Crippen molar-refractivity contribution < 1.29 is 9.21 Å². The number of furan rings is 1. The molecule has 0 aliphatic carbocycles. The molecule has 0 saturated heterocycles. The van der Waals surface area contributed by atoms with E-state index >= 15 is 0 Å². The van der Waals surface area contributed by atoms with Crippen molar-refractivity contribution in [1.29, 1.82) is 0 Å². The lowest BCUT2D eigenvalue weighted by Crippen LogP contribution is -2.13. The molecule has 174 valence electrons. The second-order valence-corrected chi connectivity index (χ2v) is 9.39. The number of aromatic nitrogens is 2. The van der Waals surface area contributed by atoms with Crippen LogP contribution in [0.15, 0.2) is 77.5 Å². The molecular weight excluding hydrogens is 505 g/mol. The highest BCUT2D eigenvalue weighted by atomic mass is 35.5. The van der Waals surface area contributed by atoms with E-state index in [1.54, 1.807) is 30.5 Å². The van der Waals surface area contributed by atoms with Gasteiger partial charge in [0.1, 0.15) is 0 Å². The second kappa shape index (κ2) is 9.34. The number of hydrogen-bond donors (Lipinski definition) is 0. The Morgan fingerprint density at radius 2 is 1.66 bits per heavy atom. The third-order valence-corrected chi connectivity index (χ3v) is 6.37. The standard InChI is InChI=1S/C27H18Cl3N3O2/c1-33(2)24-21-13-20(15-5-7-17(28)8-6-15)23(19-10-9-18(29)12-22(19)30)32-27(21)35-26(24)25(34)16-4-3-11-31-14-16/h3-14H,1-2H3. The maximum atomic E-state index is 13.3. The highest BCUT2D eigenvalue weighted by Gasteiger charge is 2.26. The molecule has 35 heavy (non-hydrogen) atoms. The third-order valence-electron chi connectivity index (χ3n) is 5.58. The van der Waals surface area contributed by atoms with Gasteiger partial charge in [0, 0.05) is 53.2 Å². The lowest BCUT2D eigenvalue weighted by Gasteiger charge is -2.14. The predicted octanol–water partition coefficient (Wildman–Crippen LogP) is 7.81. The van der Waals surface area contributed by atoms with Crippen molar-refractivity contribution in [2.24, 2.45) is 0 Å². The molecule has 0 spiro atoms. The Labute approximate surface area is 216 Å². The van der Waals surface area contributed by atoms with Crippen molar-refractivity contribution in [2.75, 3.05) is 19.0 Å². The molecule has 0 fully saturated rings. The minimum Gasteiger partial charge on any atom is -0.432 e. The summed E-state index contributed by atoms with van der Waals surface area (Å²) in [6.45, 7) is 0. The smallest absolute Gasteiger partial charge is 0.232 e. The van der Waals surface area contributed by atoms with E-state index in [2.05, 4.69) is 4.98 Å². The minimum atomic E-state index is -0.279. The van der Waals surface area contributed by atoms with Crippen LogP contribution in [0.2, 0.25) is 15.1 Å². The van der Waals surface area contributed by atoms with Crippen LogP contribution < -0.4 is 4.90 Å². The normalized spacial score (nSPS) is 11.1. The van der Waals surface area contributed by atoms with Crippen molar-refractivity contribution in [1.82, 2.24) is 9.97 Å². The van der Waals surface area contributed by atoms with E-state index in [-0.39, 0.29) is 11.5 Å². The van der Waals surface area contributed by atoms with Gasteiger partial charge in [-0.05, 0) is 54.1 Å². The first-order valence-corrected chi connectivity index (χ1v) is 11.8. The van der Waals surface area contributed by atoms with Gasteiger partial charge in [-0.15, -0.1) is 0 Å². The molecule has 5 nitrogen and oxygen atoms in total. The van der Waals surface area contributed by atoms with Gasteiger partial charge in [0.2, 0.25) is 17.3 Å². The van der Waals surface area contributed by atoms with Crippen molar-refractivity contribution in [3.8, 4) is 22.4 Å². The summed E-state index contributed by atoms with van der Waals surface area (Å²) in [6.07, 6.45) is 3.13. The van der Waals surface area contributed by atoms with E-state index in [9.17, 15) is 4.79 Å². The van der Waals surface area contributed by atoms with Crippen LogP contribution in [0.1, 0.15) is 16.1 Å². The molecule has 0 radical (unpaired) electrons. The van der Waals surface area contributed by atoms with Crippen molar-refractivity contribution >= 4 is 57.4 Å². The predicted molar refractivity (Wildman–Crippen MR) is 142 cm³/mol. The molecule has 5 rings (SSSR count). The molecule has 0 saturated carbocycles. The van der Waals surface area contributed by atoms with Crippen LogP contribution in [-0.2, 0) is 0 Å². The van der Waals surface area contributed by atoms with Crippen molar-refractivity contribution in [3.05, 3.63) is 99.4 Å². The van der Waals surface area contributed by atoms with E-state index < -0.39 is 0 Å². The summed E-state index contributed by atoms with van der Waals surface area (Å²) in [5.41, 5.74) is 4.35. The van der Waals surface area contributed by atoms with E-state index in [0.29, 0.717) is 48.7 Å². The van der Waals surface area contributed by atoms with Crippen molar-refractivity contribution in [2.45, 2.75) is 0 Å². The van der Waals surface area contributed by atoms with Crippen LogP contribution in [-0.4, -0.2) is 29.8 Å². The Balaban J connectivity index is 1.81.